The summed E-state index contributed by atoms with van der Waals surface area (Å²) in [7, 11) is 1.46. The zero-order valence-corrected chi connectivity index (χ0v) is 9.77. The number of nitrogens with two attached hydrogens (primary N) is 1. The number of amides is 1. The minimum atomic E-state index is -0.596. The molecule has 0 aliphatic heterocycles. The average Bonchev–Trinajstić information content (AvgIpc) is 2.38. The van der Waals surface area contributed by atoms with Gasteiger partial charge < -0.3 is 15.5 Å². The minimum Gasteiger partial charge on any atom is -0.496 e. The Morgan fingerprint density at radius 2 is 2.11 bits per heavy atom. The van der Waals surface area contributed by atoms with Gasteiger partial charge in [0.2, 0.25) is 0 Å². The number of ether oxygens (including phenoxy) is 1. The molecule has 0 aliphatic rings. The van der Waals surface area contributed by atoms with Crippen LogP contribution in [0, 0.1) is 0 Å². The van der Waals surface area contributed by atoms with Crippen LogP contribution in [-0.2, 0) is 0 Å². The van der Waals surface area contributed by atoms with E-state index in [1.165, 1.54) is 7.11 Å². The van der Waals surface area contributed by atoms with E-state index in [-0.39, 0.29) is 11.1 Å². The van der Waals surface area contributed by atoms with Gasteiger partial charge in [0.15, 0.2) is 0 Å². The molecular formula is C13H12N2O3. The number of aromatic nitrogens is 1. The molecule has 2 rings (SSSR count). The highest BCUT2D eigenvalue weighted by Gasteiger charge is 2.11. The van der Waals surface area contributed by atoms with Crippen LogP contribution in [0.1, 0.15) is 10.4 Å². The van der Waals surface area contributed by atoms with E-state index in [2.05, 4.69) is 4.98 Å². The van der Waals surface area contributed by atoms with Gasteiger partial charge in [-0.3, -0.25) is 9.59 Å². The van der Waals surface area contributed by atoms with E-state index >= 15 is 0 Å². The highest BCUT2D eigenvalue weighted by molar-refractivity contribution is 5.97. The minimum absolute atomic E-state index is 0.224. The van der Waals surface area contributed by atoms with E-state index in [9.17, 15) is 9.59 Å². The maximum Gasteiger partial charge on any atom is 0.255 e. The van der Waals surface area contributed by atoms with Crippen LogP contribution in [0.5, 0.6) is 5.75 Å². The maximum absolute atomic E-state index is 11.7. The van der Waals surface area contributed by atoms with Crippen LogP contribution in [0.25, 0.3) is 11.1 Å². The third-order valence-electron chi connectivity index (χ3n) is 2.59. The van der Waals surface area contributed by atoms with Crippen LogP contribution in [0.3, 0.4) is 0 Å². The number of hydrogen-bond donors (Lipinski definition) is 2. The van der Waals surface area contributed by atoms with Crippen LogP contribution < -0.4 is 16.0 Å². The highest BCUT2D eigenvalue weighted by Crippen LogP contribution is 2.24. The number of hydrogen-bond acceptors (Lipinski definition) is 3. The van der Waals surface area contributed by atoms with Gasteiger partial charge >= 0.3 is 0 Å². The van der Waals surface area contributed by atoms with Gasteiger partial charge in [0.05, 0.1) is 12.7 Å². The fraction of sp³-hybridized carbons (Fsp3) is 0.0769. The monoisotopic (exact) mass is 244 g/mol. The van der Waals surface area contributed by atoms with Crippen molar-refractivity contribution in [3.05, 3.63) is 52.4 Å². The summed E-state index contributed by atoms with van der Waals surface area (Å²) >= 11 is 0. The number of nitrogens with one attached hydrogen (secondary N) is 1. The molecule has 3 N–H and O–H groups in total. The molecule has 5 nitrogen and oxygen atoms in total. The van der Waals surface area contributed by atoms with Gasteiger partial charge in [-0.25, -0.2) is 0 Å². The summed E-state index contributed by atoms with van der Waals surface area (Å²) in [6.07, 6.45) is 1.55. The van der Waals surface area contributed by atoms with Gasteiger partial charge in [0.1, 0.15) is 5.75 Å². The Kier molecular flexibility index (Phi) is 3.14. The first kappa shape index (κ1) is 11.9. The lowest BCUT2D eigenvalue weighted by atomic mass is 10.0. The molecule has 5 heteroatoms. The molecule has 18 heavy (non-hydrogen) atoms. The van der Waals surface area contributed by atoms with Gasteiger partial charge in [-0.15, -0.1) is 0 Å². The molecule has 1 aromatic carbocycles. The second-order valence-electron chi connectivity index (χ2n) is 3.69. The van der Waals surface area contributed by atoms with Gasteiger partial charge in [-0.2, -0.15) is 0 Å². The van der Waals surface area contributed by atoms with Crippen molar-refractivity contribution in [2.75, 3.05) is 7.11 Å². The van der Waals surface area contributed by atoms with E-state index < -0.39 is 5.91 Å². The van der Waals surface area contributed by atoms with Gasteiger partial charge in [0.25, 0.3) is 11.5 Å². The smallest absolute Gasteiger partial charge is 0.255 e. The van der Waals surface area contributed by atoms with Crippen molar-refractivity contribution in [3.63, 3.8) is 0 Å². The quantitative estimate of drug-likeness (QED) is 0.849. The number of rotatable bonds is 3. The Bertz CT molecular complexity index is 647. The lowest BCUT2D eigenvalue weighted by molar-refractivity contribution is 0.0997. The van der Waals surface area contributed by atoms with Crippen molar-refractivity contribution in [2.45, 2.75) is 0 Å². The summed E-state index contributed by atoms with van der Waals surface area (Å²) in [6.45, 7) is 0. The van der Waals surface area contributed by atoms with E-state index in [4.69, 9.17) is 10.5 Å². The van der Waals surface area contributed by atoms with Gasteiger partial charge in [0, 0.05) is 11.8 Å². The SMILES string of the molecule is COc1ccc(-c2ccc[nH]c2=O)cc1C(N)=O. The fourth-order valence-electron chi connectivity index (χ4n) is 1.72. The highest BCUT2D eigenvalue weighted by atomic mass is 16.5. The first-order valence-electron chi connectivity index (χ1n) is 5.29. The number of H-pyrrole nitrogens is 1. The van der Waals surface area contributed by atoms with E-state index in [0.717, 1.165) is 0 Å². The van der Waals surface area contributed by atoms with Crippen LogP contribution >= 0.6 is 0 Å². The van der Waals surface area contributed by atoms with Crippen molar-refractivity contribution in [1.29, 1.82) is 0 Å². The third-order valence-corrected chi connectivity index (χ3v) is 2.59. The topological polar surface area (TPSA) is 85.2 Å². The molecule has 0 saturated carbocycles. The summed E-state index contributed by atoms with van der Waals surface area (Å²) in [5.74, 6) is -0.209. The van der Waals surface area contributed by atoms with Crippen LogP contribution in [0.2, 0.25) is 0 Å². The molecule has 0 aliphatic carbocycles. The van der Waals surface area contributed by atoms with Crippen molar-refractivity contribution in [2.24, 2.45) is 5.73 Å². The Balaban J connectivity index is 2.61. The molecule has 0 radical (unpaired) electrons. The molecule has 0 unspecified atom stereocenters. The molecule has 0 fully saturated rings. The standard InChI is InChI=1S/C13H12N2O3/c1-18-11-5-4-8(7-10(11)12(14)16)9-3-2-6-15-13(9)17/h2-7H,1H3,(H2,14,16)(H,15,17). The summed E-state index contributed by atoms with van der Waals surface area (Å²) < 4.78 is 5.04. The Hall–Kier alpha value is -2.56. The van der Waals surface area contributed by atoms with E-state index in [1.807, 2.05) is 0 Å². The zero-order chi connectivity index (χ0) is 13.1. The molecule has 1 amide bonds. The third kappa shape index (κ3) is 2.10. The summed E-state index contributed by atoms with van der Waals surface area (Å²) in [4.78, 5) is 25.5. The molecule has 2 aromatic rings. The largest absolute Gasteiger partial charge is 0.496 e. The van der Waals surface area contributed by atoms with Crippen LogP contribution in [0.15, 0.2) is 41.3 Å². The Labute approximate surface area is 103 Å². The predicted molar refractivity (Wildman–Crippen MR) is 67.6 cm³/mol. The Morgan fingerprint density at radius 3 is 2.72 bits per heavy atom. The fourth-order valence-corrected chi connectivity index (χ4v) is 1.72. The Morgan fingerprint density at radius 1 is 1.33 bits per heavy atom. The number of pyridine rings is 1. The molecule has 1 heterocycles. The first-order chi connectivity index (χ1) is 8.63. The molecular weight excluding hydrogens is 232 g/mol. The molecule has 0 spiro atoms. The number of primary amides is 1. The van der Waals surface area contributed by atoms with Gasteiger partial charge in [-0.05, 0) is 29.8 Å². The summed E-state index contributed by atoms with van der Waals surface area (Å²) in [6, 6.07) is 8.25. The van der Waals surface area contributed by atoms with E-state index in [1.54, 1.807) is 36.5 Å². The second kappa shape index (κ2) is 4.75. The van der Waals surface area contributed by atoms with Gasteiger partial charge in [-0.1, -0.05) is 6.07 Å². The number of benzene rings is 1. The van der Waals surface area contributed by atoms with Crippen molar-refractivity contribution >= 4 is 5.91 Å². The van der Waals surface area contributed by atoms with Crippen molar-refractivity contribution in [3.8, 4) is 16.9 Å². The van der Waals surface area contributed by atoms with Crippen molar-refractivity contribution < 1.29 is 9.53 Å². The lowest BCUT2D eigenvalue weighted by Gasteiger charge is -2.07. The molecule has 92 valence electrons. The average molecular weight is 244 g/mol. The molecule has 1 aromatic heterocycles. The zero-order valence-electron chi connectivity index (χ0n) is 9.77. The maximum atomic E-state index is 11.7. The van der Waals surface area contributed by atoms with Crippen molar-refractivity contribution in [1.82, 2.24) is 4.98 Å². The normalized spacial score (nSPS) is 10.1. The van der Waals surface area contributed by atoms with E-state index in [0.29, 0.717) is 16.9 Å². The molecule has 0 bridgehead atoms. The molecule has 0 saturated heterocycles. The molecule has 0 atom stereocenters. The van der Waals surface area contributed by atoms with Crippen LogP contribution in [-0.4, -0.2) is 18.0 Å². The van der Waals surface area contributed by atoms with Crippen LogP contribution in [0.4, 0.5) is 0 Å². The number of carbonyl (C=O) groups excluding carboxylic acids is 1. The second-order valence-corrected chi connectivity index (χ2v) is 3.69. The summed E-state index contributed by atoms with van der Waals surface area (Å²) in [5, 5.41) is 0. The number of carbonyl (C=O) groups is 1. The first-order valence-corrected chi connectivity index (χ1v) is 5.29. The number of methoxy groups -OCH3 is 1. The predicted octanol–water partition coefficient (Wildman–Crippen LogP) is 1.15. The lowest BCUT2D eigenvalue weighted by Crippen LogP contribution is -2.13. The summed E-state index contributed by atoms with van der Waals surface area (Å²) in [5.41, 5.74) is 6.39. The number of aromatic amines is 1.